The molecular formula is C16H25NO2. The zero-order valence-corrected chi connectivity index (χ0v) is 12.6. The minimum atomic E-state index is -0.788. The third-order valence-corrected chi connectivity index (χ3v) is 3.39. The van der Waals surface area contributed by atoms with Gasteiger partial charge >= 0.3 is 0 Å². The quantitative estimate of drug-likeness (QED) is 0.857. The molecule has 0 aliphatic rings. The fourth-order valence-electron chi connectivity index (χ4n) is 1.71. The Labute approximate surface area is 116 Å². The van der Waals surface area contributed by atoms with Crippen molar-refractivity contribution in [2.75, 3.05) is 7.11 Å². The molecule has 19 heavy (non-hydrogen) atoms. The number of hydrogen-bond donors (Lipinski definition) is 1. The van der Waals surface area contributed by atoms with E-state index in [4.69, 9.17) is 4.74 Å². The molecule has 1 aromatic rings. The Morgan fingerprint density at radius 2 is 1.74 bits per heavy atom. The Hall–Kier alpha value is -1.35. The normalized spacial score (nSPS) is 12.3. The van der Waals surface area contributed by atoms with Gasteiger partial charge < -0.3 is 10.1 Å². The van der Waals surface area contributed by atoms with Crippen LogP contribution in [0, 0.1) is 0 Å². The van der Waals surface area contributed by atoms with Crippen molar-refractivity contribution in [2.24, 2.45) is 0 Å². The van der Waals surface area contributed by atoms with E-state index in [9.17, 15) is 4.79 Å². The molecule has 3 nitrogen and oxygen atoms in total. The molecule has 0 aliphatic carbocycles. The summed E-state index contributed by atoms with van der Waals surface area (Å²) in [7, 11) is 1.55. The lowest BCUT2D eigenvalue weighted by Gasteiger charge is -2.31. The molecule has 0 bridgehead atoms. The van der Waals surface area contributed by atoms with Gasteiger partial charge in [0.25, 0.3) is 5.91 Å². The number of carbonyl (C=O) groups excluding carboxylic acids is 1. The molecule has 0 fully saturated rings. The predicted octanol–water partition coefficient (Wildman–Crippen LogP) is 2.94. The molecule has 3 heteroatoms. The van der Waals surface area contributed by atoms with Gasteiger partial charge in [0.1, 0.15) is 5.60 Å². The number of rotatable bonds is 6. The molecule has 1 N–H and O–H groups in total. The summed E-state index contributed by atoms with van der Waals surface area (Å²) in [5.74, 6) is -0.0759. The first-order chi connectivity index (χ1) is 8.77. The second kappa shape index (κ2) is 6.20. The highest BCUT2D eigenvalue weighted by Gasteiger charge is 2.31. The molecule has 0 saturated heterocycles. The molecule has 0 spiro atoms. The largest absolute Gasteiger partial charge is 0.369 e. The summed E-state index contributed by atoms with van der Waals surface area (Å²) < 4.78 is 5.20. The van der Waals surface area contributed by atoms with Crippen molar-refractivity contribution in [1.82, 2.24) is 5.32 Å². The Bertz CT molecular complexity index is 410. The van der Waals surface area contributed by atoms with Gasteiger partial charge in [-0.3, -0.25) is 4.79 Å². The minimum Gasteiger partial charge on any atom is -0.369 e. The molecule has 1 amide bonds. The van der Waals surface area contributed by atoms with Crippen LogP contribution in [0.15, 0.2) is 30.3 Å². The lowest BCUT2D eigenvalue weighted by atomic mass is 9.94. The molecule has 1 aromatic carbocycles. The maximum absolute atomic E-state index is 12.1. The van der Waals surface area contributed by atoms with Crippen LogP contribution in [0.3, 0.4) is 0 Å². The lowest BCUT2D eigenvalue weighted by molar-refractivity contribution is -0.141. The molecule has 0 aromatic heterocycles. The number of methoxy groups -OCH3 is 1. The third-order valence-electron chi connectivity index (χ3n) is 3.39. The number of hydrogen-bond acceptors (Lipinski definition) is 2. The molecule has 0 heterocycles. The molecule has 0 radical (unpaired) electrons. The summed E-state index contributed by atoms with van der Waals surface area (Å²) >= 11 is 0. The van der Waals surface area contributed by atoms with E-state index in [1.165, 1.54) is 5.56 Å². The highest BCUT2D eigenvalue weighted by Crippen LogP contribution is 2.16. The van der Waals surface area contributed by atoms with E-state index in [1.54, 1.807) is 21.0 Å². The smallest absolute Gasteiger partial charge is 0.252 e. The summed E-state index contributed by atoms with van der Waals surface area (Å²) in [6.07, 6.45) is 1.84. The summed E-state index contributed by atoms with van der Waals surface area (Å²) in [6.45, 7) is 7.63. The maximum atomic E-state index is 12.1. The molecule has 0 atom stereocenters. The van der Waals surface area contributed by atoms with E-state index in [2.05, 4.69) is 17.4 Å². The van der Waals surface area contributed by atoms with Gasteiger partial charge in [-0.1, -0.05) is 30.3 Å². The van der Waals surface area contributed by atoms with Gasteiger partial charge in [0.15, 0.2) is 0 Å². The topological polar surface area (TPSA) is 38.3 Å². The van der Waals surface area contributed by atoms with Crippen molar-refractivity contribution < 1.29 is 9.53 Å². The Kier molecular flexibility index (Phi) is 5.12. The number of carbonyl (C=O) groups is 1. The summed E-state index contributed by atoms with van der Waals surface area (Å²) in [5, 5.41) is 3.05. The predicted molar refractivity (Wildman–Crippen MR) is 78.1 cm³/mol. The van der Waals surface area contributed by atoms with Crippen LogP contribution in [-0.4, -0.2) is 24.2 Å². The Morgan fingerprint density at radius 3 is 2.26 bits per heavy atom. The average Bonchev–Trinajstić information content (AvgIpc) is 2.37. The van der Waals surface area contributed by atoms with E-state index < -0.39 is 5.60 Å². The van der Waals surface area contributed by atoms with E-state index >= 15 is 0 Å². The first-order valence-corrected chi connectivity index (χ1v) is 6.68. The van der Waals surface area contributed by atoms with Gasteiger partial charge in [-0.25, -0.2) is 0 Å². The van der Waals surface area contributed by atoms with Crippen molar-refractivity contribution in [1.29, 1.82) is 0 Å². The van der Waals surface area contributed by atoms with Gasteiger partial charge in [-0.2, -0.15) is 0 Å². The average molecular weight is 263 g/mol. The maximum Gasteiger partial charge on any atom is 0.252 e. The first kappa shape index (κ1) is 15.7. The fraction of sp³-hybridized carbons (Fsp3) is 0.562. The molecule has 0 saturated carbocycles. The van der Waals surface area contributed by atoms with Crippen LogP contribution in [0.2, 0.25) is 0 Å². The summed E-state index contributed by atoms with van der Waals surface area (Å²) in [4.78, 5) is 12.1. The molecule has 0 unspecified atom stereocenters. The van der Waals surface area contributed by atoms with Crippen LogP contribution in [0.5, 0.6) is 0 Å². The fourth-order valence-corrected chi connectivity index (χ4v) is 1.71. The van der Waals surface area contributed by atoms with Crippen LogP contribution in [-0.2, 0) is 16.0 Å². The highest BCUT2D eigenvalue weighted by molar-refractivity contribution is 5.84. The van der Waals surface area contributed by atoms with Crippen LogP contribution in [0.25, 0.3) is 0 Å². The molecule has 1 rings (SSSR count). The van der Waals surface area contributed by atoms with Crippen LogP contribution >= 0.6 is 0 Å². The zero-order valence-electron chi connectivity index (χ0n) is 12.6. The van der Waals surface area contributed by atoms with Gasteiger partial charge in [-0.05, 0) is 46.1 Å². The van der Waals surface area contributed by atoms with Crippen molar-refractivity contribution in [3.05, 3.63) is 35.9 Å². The van der Waals surface area contributed by atoms with Crippen molar-refractivity contribution in [3.8, 4) is 0 Å². The minimum absolute atomic E-state index is 0.0759. The zero-order chi connectivity index (χ0) is 14.5. The number of aryl methyl sites for hydroxylation is 1. The highest BCUT2D eigenvalue weighted by atomic mass is 16.5. The Morgan fingerprint density at radius 1 is 1.16 bits per heavy atom. The Balaban J connectivity index is 2.55. The standard InChI is InChI=1S/C16H25NO2/c1-15(2,17-14(18)16(3,4)19-5)12-11-13-9-7-6-8-10-13/h6-10H,11-12H2,1-5H3,(H,17,18). The summed E-state index contributed by atoms with van der Waals surface area (Å²) in [5.41, 5.74) is 0.253. The second-order valence-corrected chi connectivity index (χ2v) is 6.04. The third kappa shape index (κ3) is 5.03. The SMILES string of the molecule is COC(C)(C)C(=O)NC(C)(C)CCc1ccccc1. The molecule has 0 aliphatic heterocycles. The second-order valence-electron chi connectivity index (χ2n) is 6.04. The van der Waals surface area contributed by atoms with E-state index in [-0.39, 0.29) is 11.4 Å². The van der Waals surface area contributed by atoms with Gasteiger partial charge in [0, 0.05) is 12.6 Å². The van der Waals surface area contributed by atoms with Gasteiger partial charge in [0.2, 0.25) is 0 Å². The van der Waals surface area contributed by atoms with E-state index in [0.29, 0.717) is 0 Å². The van der Waals surface area contributed by atoms with Crippen molar-refractivity contribution in [3.63, 3.8) is 0 Å². The van der Waals surface area contributed by atoms with Crippen molar-refractivity contribution in [2.45, 2.75) is 51.7 Å². The monoisotopic (exact) mass is 263 g/mol. The number of nitrogens with one attached hydrogen (secondary N) is 1. The van der Waals surface area contributed by atoms with Crippen LogP contribution in [0.4, 0.5) is 0 Å². The molecular weight excluding hydrogens is 238 g/mol. The first-order valence-electron chi connectivity index (χ1n) is 6.68. The van der Waals surface area contributed by atoms with Crippen LogP contribution in [0.1, 0.15) is 39.7 Å². The van der Waals surface area contributed by atoms with E-state index in [1.807, 2.05) is 32.0 Å². The molecule has 106 valence electrons. The number of benzene rings is 1. The summed E-state index contributed by atoms with van der Waals surface area (Å²) in [6, 6.07) is 10.3. The van der Waals surface area contributed by atoms with Gasteiger partial charge in [0.05, 0.1) is 0 Å². The van der Waals surface area contributed by atoms with Gasteiger partial charge in [-0.15, -0.1) is 0 Å². The lowest BCUT2D eigenvalue weighted by Crippen LogP contribution is -2.52. The van der Waals surface area contributed by atoms with Crippen LogP contribution < -0.4 is 5.32 Å². The number of amides is 1. The van der Waals surface area contributed by atoms with Crippen molar-refractivity contribution >= 4 is 5.91 Å². The van der Waals surface area contributed by atoms with E-state index in [0.717, 1.165) is 12.8 Å². The number of ether oxygens (including phenoxy) is 1.